The van der Waals surface area contributed by atoms with Crippen molar-refractivity contribution < 1.29 is 9.53 Å². The van der Waals surface area contributed by atoms with Gasteiger partial charge in [0.2, 0.25) is 0 Å². The van der Waals surface area contributed by atoms with Crippen LogP contribution in [0.4, 0.5) is 0 Å². The summed E-state index contributed by atoms with van der Waals surface area (Å²) >= 11 is 1.57. The lowest BCUT2D eigenvalue weighted by Gasteiger charge is -2.08. The highest BCUT2D eigenvalue weighted by Crippen LogP contribution is 2.31. The summed E-state index contributed by atoms with van der Waals surface area (Å²) in [6.45, 7) is 0. The molecular formula is C20H16O2S. The summed E-state index contributed by atoms with van der Waals surface area (Å²) in [5, 5.41) is 0. The van der Waals surface area contributed by atoms with Gasteiger partial charge in [0.15, 0.2) is 6.29 Å². The summed E-state index contributed by atoms with van der Waals surface area (Å²) < 4.78 is 5.85. The van der Waals surface area contributed by atoms with Crippen LogP contribution < -0.4 is 4.74 Å². The third kappa shape index (κ3) is 4.24. The predicted octanol–water partition coefficient (Wildman–Crippen LogP) is 5.43. The topological polar surface area (TPSA) is 26.3 Å². The summed E-state index contributed by atoms with van der Waals surface area (Å²) in [4.78, 5) is 13.1. The molecule has 23 heavy (non-hydrogen) atoms. The van der Waals surface area contributed by atoms with E-state index in [4.69, 9.17) is 4.74 Å². The first-order chi connectivity index (χ1) is 11.3. The van der Waals surface area contributed by atoms with E-state index < -0.39 is 0 Å². The van der Waals surface area contributed by atoms with E-state index in [-0.39, 0.29) is 0 Å². The van der Waals surface area contributed by atoms with Gasteiger partial charge < -0.3 is 4.74 Å². The minimum Gasteiger partial charge on any atom is -0.458 e. The fourth-order valence-electron chi connectivity index (χ4n) is 2.15. The Hall–Kier alpha value is -2.52. The zero-order chi connectivity index (χ0) is 15.9. The molecule has 0 radical (unpaired) electrons. The molecule has 0 unspecified atom stereocenters. The molecule has 0 spiro atoms. The maximum Gasteiger partial charge on any atom is 0.151 e. The van der Waals surface area contributed by atoms with E-state index in [2.05, 4.69) is 6.08 Å². The third-order valence-corrected chi connectivity index (χ3v) is 4.40. The highest BCUT2D eigenvalue weighted by Gasteiger charge is 2.04. The molecule has 2 aromatic carbocycles. The van der Waals surface area contributed by atoms with Crippen molar-refractivity contribution in [3.8, 4) is 5.75 Å². The molecule has 0 amide bonds. The predicted molar refractivity (Wildman–Crippen MR) is 94.0 cm³/mol. The summed E-state index contributed by atoms with van der Waals surface area (Å²) in [5.41, 5.74) is 0.707. The lowest BCUT2D eigenvalue weighted by Crippen LogP contribution is -1.91. The van der Waals surface area contributed by atoms with Crippen LogP contribution in [-0.2, 0) is 0 Å². The van der Waals surface area contributed by atoms with Crippen molar-refractivity contribution in [2.24, 2.45) is 0 Å². The molecule has 3 rings (SSSR count). The molecule has 0 bridgehead atoms. The number of carbonyl (C=O) groups excluding carboxylic acids is 1. The molecule has 0 fully saturated rings. The Labute approximate surface area is 140 Å². The van der Waals surface area contributed by atoms with Crippen molar-refractivity contribution in [2.45, 2.75) is 16.2 Å². The Morgan fingerprint density at radius 1 is 1.00 bits per heavy atom. The first-order valence-corrected chi connectivity index (χ1v) is 8.20. The van der Waals surface area contributed by atoms with Gasteiger partial charge in [-0.1, -0.05) is 48.2 Å². The van der Waals surface area contributed by atoms with Crippen LogP contribution in [0.25, 0.3) is 0 Å². The molecule has 0 aliphatic heterocycles. The number of rotatable bonds is 5. The van der Waals surface area contributed by atoms with Crippen molar-refractivity contribution in [1.29, 1.82) is 0 Å². The van der Waals surface area contributed by atoms with Crippen LogP contribution >= 0.6 is 11.8 Å². The molecule has 2 nitrogen and oxygen atoms in total. The van der Waals surface area contributed by atoms with E-state index in [0.29, 0.717) is 5.56 Å². The number of carbonyl (C=O) groups is 1. The normalized spacial score (nSPS) is 13.3. The zero-order valence-corrected chi connectivity index (χ0v) is 13.3. The Kier molecular flexibility index (Phi) is 5.12. The number of hydrogen-bond acceptors (Lipinski definition) is 3. The fraction of sp³-hybridized carbons (Fsp3) is 0.0500. The minimum atomic E-state index is 0.707. The molecular weight excluding hydrogens is 304 g/mol. The lowest BCUT2D eigenvalue weighted by atomic mass is 10.2. The average Bonchev–Trinajstić information content (AvgIpc) is 2.86. The van der Waals surface area contributed by atoms with Crippen LogP contribution in [0.2, 0.25) is 0 Å². The summed E-state index contributed by atoms with van der Waals surface area (Å²) in [6.07, 6.45) is 11.8. The second-order valence-electron chi connectivity index (χ2n) is 4.96. The standard InChI is InChI=1S/C20H16O2S/c21-15-16-7-5-6-10-20(16)23-19-13-11-18(12-14-19)22-17-8-3-1-2-4-9-17/h1-3,5-15H,4H2. The number of aldehydes is 1. The number of ether oxygens (including phenoxy) is 1. The van der Waals surface area contributed by atoms with E-state index in [0.717, 1.165) is 34.0 Å². The van der Waals surface area contributed by atoms with Gasteiger partial charge >= 0.3 is 0 Å². The lowest BCUT2D eigenvalue weighted by molar-refractivity contribution is 0.112. The molecule has 0 saturated heterocycles. The van der Waals surface area contributed by atoms with Gasteiger partial charge in [0.1, 0.15) is 11.5 Å². The first-order valence-electron chi connectivity index (χ1n) is 7.38. The average molecular weight is 320 g/mol. The highest BCUT2D eigenvalue weighted by molar-refractivity contribution is 7.99. The molecule has 0 N–H and O–H groups in total. The van der Waals surface area contributed by atoms with E-state index in [1.165, 1.54) is 0 Å². The van der Waals surface area contributed by atoms with E-state index in [1.807, 2.05) is 72.8 Å². The Morgan fingerprint density at radius 3 is 2.65 bits per heavy atom. The van der Waals surface area contributed by atoms with Gasteiger partial charge in [-0.2, -0.15) is 0 Å². The minimum absolute atomic E-state index is 0.707. The van der Waals surface area contributed by atoms with Gasteiger partial charge in [0.05, 0.1) is 0 Å². The van der Waals surface area contributed by atoms with Gasteiger partial charge in [-0.15, -0.1) is 0 Å². The van der Waals surface area contributed by atoms with Crippen molar-refractivity contribution in [3.05, 3.63) is 90.2 Å². The molecule has 1 aliphatic carbocycles. The first kappa shape index (κ1) is 15.4. The van der Waals surface area contributed by atoms with Crippen molar-refractivity contribution >= 4 is 18.0 Å². The molecule has 0 saturated carbocycles. The molecule has 0 atom stereocenters. The summed E-state index contributed by atoms with van der Waals surface area (Å²) in [7, 11) is 0. The second-order valence-corrected chi connectivity index (χ2v) is 6.08. The van der Waals surface area contributed by atoms with Gasteiger partial charge in [-0.25, -0.2) is 0 Å². The number of hydrogen-bond donors (Lipinski definition) is 0. The van der Waals surface area contributed by atoms with Crippen LogP contribution in [0, 0.1) is 0 Å². The quantitative estimate of drug-likeness (QED) is 0.687. The van der Waals surface area contributed by atoms with Crippen LogP contribution in [0.1, 0.15) is 16.8 Å². The Morgan fingerprint density at radius 2 is 1.83 bits per heavy atom. The van der Waals surface area contributed by atoms with Gasteiger partial charge in [-0.3, -0.25) is 4.79 Å². The number of allylic oxidation sites excluding steroid dienone is 5. The van der Waals surface area contributed by atoms with E-state index in [1.54, 1.807) is 11.8 Å². The van der Waals surface area contributed by atoms with Crippen molar-refractivity contribution in [2.75, 3.05) is 0 Å². The Balaban J connectivity index is 1.70. The van der Waals surface area contributed by atoms with E-state index >= 15 is 0 Å². The second kappa shape index (κ2) is 7.65. The van der Waals surface area contributed by atoms with Crippen LogP contribution in [0.3, 0.4) is 0 Å². The monoisotopic (exact) mass is 320 g/mol. The SMILES string of the molecule is O=Cc1ccccc1Sc1ccc(OC2=CCC=CC=C2)cc1. The van der Waals surface area contributed by atoms with Crippen LogP contribution in [-0.4, -0.2) is 6.29 Å². The molecule has 1 aliphatic rings. The zero-order valence-electron chi connectivity index (χ0n) is 12.5. The van der Waals surface area contributed by atoms with Crippen LogP contribution in [0.5, 0.6) is 5.75 Å². The maximum atomic E-state index is 11.1. The molecule has 0 aromatic heterocycles. The smallest absolute Gasteiger partial charge is 0.151 e. The third-order valence-electron chi connectivity index (χ3n) is 3.30. The van der Waals surface area contributed by atoms with Gasteiger partial charge in [0, 0.05) is 15.4 Å². The maximum absolute atomic E-state index is 11.1. The van der Waals surface area contributed by atoms with Crippen LogP contribution in [0.15, 0.2) is 94.5 Å². The largest absolute Gasteiger partial charge is 0.458 e. The van der Waals surface area contributed by atoms with E-state index in [9.17, 15) is 4.79 Å². The fourth-order valence-corrected chi connectivity index (χ4v) is 3.05. The molecule has 3 heteroatoms. The van der Waals surface area contributed by atoms with Crippen molar-refractivity contribution in [3.63, 3.8) is 0 Å². The molecule has 2 aromatic rings. The Bertz CT molecular complexity index is 770. The van der Waals surface area contributed by atoms with Gasteiger partial charge in [-0.05, 0) is 48.9 Å². The molecule has 0 heterocycles. The van der Waals surface area contributed by atoms with Crippen molar-refractivity contribution in [1.82, 2.24) is 0 Å². The summed E-state index contributed by atoms with van der Waals surface area (Å²) in [5.74, 6) is 1.65. The summed E-state index contributed by atoms with van der Waals surface area (Å²) in [6, 6.07) is 15.5. The number of benzene rings is 2. The highest BCUT2D eigenvalue weighted by atomic mass is 32.2. The molecule has 114 valence electrons. The van der Waals surface area contributed by atoms with Gasteiger partial charge in [0.25, 0.3) is 0 Å².